The van der Waals surface area contributed by atoms with Gasteiger partial charge in [-0.2, -0.15) is 0 Å². The third-order valence-electron chi connectivity index (χ3n) is 4.19. The summed E-state index contributed by atoms with van der Waals surface area (Å²) in [7, 11) is 1.47. The van der Waals surface area contributed by atoms with Gasteiger partial charge in [0.15, 0.2) is 11.5 Å². The van der Waals surface area contributed by atoms with Crippen LogP contribution in [0.5, 0.6) is 17.2 Å². The van der Waals surface area contributed by atoms with Crippen LogP contribution >= 0.6 is 23.4 Å². The molecule has 2 aromatic carbocycles. The Morgan fingerprint density at radius 2 is 2.00 bits per heavy atom. The Morgan fingerprint density at radius 3 is 2.68 bits per heavy atom. The number of amides is 3. The van der Waals surface area contributed by atoms with E-state index in [9.17, 15) is 19.5 Å². The highest BCUT2D eigenvalue weighted by Gasteiger charge is 2.36. The normalized spacial score (nSPS) is 14.8. The molecule has 0 saturated carbocycles. The molecule has 10 heteroatoms. The average Bonchev–Trinajstić information content (AvgIpc) is 2.98. The van der Waals surface area contributed by atoms with Crippen molar-refractivity contribution in [3.05, 3.63) is 51.9 Å². The molecular formula is C21H19ClN2O6S. The lowest BCUT2D eigenvalue weighted by Crippen LogP contribution is -2.36. The largest absolute Gasteiger partial charge is 0.504 e. The van der Waals surface area contributed by atoms with Crippen LogP contribution in [0, 0.1) is 0 Å². The predicted octanol–water partition coefficient (Wildman–Crippen LogP) is 4.13. The first-order valence-electron chi connectivity index (χ1n) is 9.17. The zero-order valence-corrected chi connectivity index (χ0v) is 18.2. The van der Waals surface area contributed by atoms with Gasteiger partial charge in [-0.3, -0.25) is 19.3 Å². The molecule has 1 saturated heterocycles. The van der Waals surface area contributed by atoms with E-state index in [1.165, 1.54) is 25.3 Å². The number of carbonyl (C=O) groups excluding carboxylic acids is 3. The van der Waals surface area contributed by atoms with Crippen LogP contribution in [0.4, 0.5) is 10.5 Å². The van der Waals surface area contributed by atoms with E-state index in [0.717, 1.165) is 16.7 Å². The average molecular weight is 463 g/mol. The second-order valence-electron chi connectivity index (χ2n) is 6.33. The number of phenols is 1. The monoisotopic (exact) mass is 462 g/mol. The van der Waals surface area contributed by atoms with E-state index in [2.05, 4.69) is 5.32 Å². The standard InChI is InChI=1S/C21H19ClN2O6S/c1-3-30-17-8-12(4-6-15(17)25)9-18-20(27)24(21(28)31-18)11-19(26)23-13-5-7-16(29-2)14(22)10-13/h4-10,25H,3,11H2,1-2H3,(H,23,26). The maximum atomic E-state index is 12.6. The van der Waals surface area contributed by atoms with Crippen molar-refractivity contribution in [3.63, 3.8) is 0 Å². The second-order valence-corrected chi connectivity index (χ2v) is 7.73. The summed E-state index contributed by atoms with van der Waals surface area (Å²) in [6.07, 6.45) is 1.51. The van der Waals surface area contributed by atoms with Gasteiger partial charge in [0.2, 0.25) is 5.91 Å². The zero-order valence-electron chi connectivity index (χ0n) is 16.7. The van der Waals surface area contributed by atoms with Crippen molar-refractivity contribution < 1.29 is 29.0 Å². The highest BCUT2D eigenvalue weighted by Crippen LogP contribution is 2.34. The number of methoxy groups -OCH3 is 1. The molecule has 2 aromatic rings. The lowest BCUT2D eigenvalue weighted by Gasteiger charge is -2.13. The van der Waals surface area contributed by atoms with Crippen molar-refractivity contribution in [2.45, 2.75) is 6.92 Å². The number of ether oxygens (including phenoxy) is 2. The molecule has 3 amide bonds. The molecule has 3 rings (SSSR count). The van der Waals surface area contributed by atoms with Gasteiger partial charge >= 0.3 is 0 Å². The molecule has 0 atom stereocenters. The lowest BCUT2D eigenvalue weighted by atomic mass is 10.2. The molecule has 1 aliphatic heterocycles. The van der Waals surface area contributed by atoms with Gasteiger partial charge in [-0.15, -0.1) is 0 Å². The Hall–Kier alpha value is -3.17. The Labute approximate surface area is 187 Å². The van der Waals surface area contributed by atoms with Crippen molar-refractivity contribution in [2.75, 3.05) is 25.6 Å². The second kappa shape index (κ2) is 9.76. The molecule has 0 aromatic heterocycles. The maximum Gasteiger partial charge on any atom is 0.294 e. The molecule has 2 N–H and O–H groups in total. The highest BCUT2D eigenvalue weighted by atomic mass is 35.5. The molecule has 0 bridgehead atoms. The van der Waals surface area contributed by atoms with E-state index in [-0.39, 0.29) is 16.4 Å². The smallest absolute Gasteiger partial charge is 0.294 e. The summed E-state index contributed by atoms with van der Waals surface area (Å²) in [5, 5.41) is 12.1. The van der Waals surface area contributed by atoms with E-state index in [0.29, 0.717) is 28.6 Å². The Balaban J connectivity index is 1.70. The Bertz CT molecular complexity index is 1070. The molecule has 0 aliphatic carbocycles. The number of carbonyl (C=O) groups is 3. The number of phenolic OH excluding ortho intramolecular Hbond substituents is 1. The van der Waals surface area contributed by atoms with Crippen LogP contribution in [-0.4, -0.2) is 47.3 Å². The van der Waals surface area contributed by atoms with Gasteiger partial charge < -0.3 is 19.9 Å². The molecule has 1 heterocycles. The topological polar surface area (TPSA) is 105 Å². The minimum absolute atomic E-state index is 0.0255. The first-order valence-corrected chi connectivity index (χ1v) is 10.4. The number of hydrogen-bond donors (Lipinski definition) is 2. The number of benzene rings is 2. The minimum Gasteiger partial charge on any atom is -0.504 e. The maximum absolute atomic E-state index is 12.6. The number of rotatable bonds is 7. The molecule has 1 aliphatic rings. The van der Waals surface area contributed by atoms with Gasteiger partial charge in [-0.25, -0.2) is 0 Å². The Morgan fingerprint density at radius 1 is 1.23 bits per heavy atom. The number of halogens is 1. The van der Waals surface area contributed by atoms with Crippen molar-refractivity contribution in [2.24, 2.45) is 0 Å². The summed E-state index contributed by atoms with van der Waals surface area (Å²) in [5.41, 5.74) is 0.981. The van der Waals surface area contributed by atoms with Crippen LogP contribution in [0.15, 0.2) is 41.3 Å². The van der Waals surface area contributed by atoms with E-state index >= 15 is 0 Å². The van der Waals surface area contributed by atoms with E-state index < -0.39 is 23.6 Å². The minimum atomic E-state index is -0.580. The summed E-state index contributed by atoms with van der Waals surface area (Å²) in [6, 6.07) is 9.28. The highest BCUT2D eigenvalue weighted by molar-refractivity contribution is 8.18. The summed E-state index contributed by atoms with van der Waals surface area (Å²) in [4.78, 5) is 38.3. The number of nitrogens with zero attached hydrogens (tertiary/aromatic N) is 1. The number of imide groups is 1. The molecule has 162 valence electrons. The van der Waals surface area contributed by atoms with Crippen molar-refractivity contribution in [3.8, 4) is 17.2 Å². The first kappa shape index (κ1) is 22.5. The predicted molar refractivity (Wildman–Crippen MR) is 119 cm³/mol. The molecular weight excluding hydrogens is 444 g/mol. The molecule has 8 nitrogen and oxygen atoms in total. The number of aromatic hydroxyl groups is 1. The number of thioether (sulfide) groups is 1. The third-order valence-corrected chi connectivity index (χ3v) is 5.40. The summed E-state index contributed by atoms with van der Waals surface area (Å²) < 4.78 is 10.4. The van der Waals surface area contributed by atoms with Gasteiger partial charge in [0.05, 0.1) is 23.6 Å². The summed E-state index contributed by atoms with van der Waals surface area (Å²) >= 11 is 6.77. The SMILES string of the molecule is CCOc1cc(C=C2SC(=O)N(CC(=O)Nc3ccc(OC)c(Cl)c3)C2=O)ccc1O. The molecule has 0 unspecified atom stereocenters. The van der Waals surface area contributed by atoms with Gasteiger partial charge in [-0.05, 0) is 60.7 Å². The van der Waals surface area contributed by atoms with Gasteiger partial charge in [-0.1, -0.05) is 17.7 Å². The van der Waals surface area contributed by atoms with Crippen LogP contribution in [-0.2, 0) is 9.59 Å². The third kappa shape index (κ3) is 5.31. The van der Waals surface area contributed by atoms with Crippen molar-refractivity contribution in [1.29, 1.82) is 0 Å². The lowest BCUT2D eigenvalue weighted by molar-refractivity contribution is -0.127. The molecule has 0 spiro atoms. The summed E-state index contributed by atoms with van der Waals surface area (Å²) in [5.74, 6) is -0.426. The van der Waals surface area contributed by atoms with Gasteiger partial charge in [0, 0.05) is 5.69 Å². The van der Waals surface area contributed by atoms with Gasteiger partial charge in [0.25, 0.3) is 11.1 Å². The van der Waals surface area contributed by atoms with Crippen LogP contribution in [0.1, 0.15) is 12.5 Å². The fourth-order valence-electron chi connectivity index (χ4n) is 2.77. The van der Waals surface area contributed by atoms with E-state index in [1.54, 1.807) is 31.2 Å². The molecule has 0 radical (unpaired) electrons. The van der Waals surface area contributed by atoms with Crippen LogP contribution < -0.4 is 14.8 Å². The van der Waals surface area contributed by atoms with Crippen LogP contribution in [0.3, 0.4) is 0 Å². The number of nitrogens with one attached hydrogen (secondary N) is 1. The first-order chi connectivity index (χ1) is 14.8. The number of hydrogen-bond acceptors (Lipinski definition) is 7. The van der Waals surface area contributed by atoms with Crippen LogP contribution in [0.25, 0.3) is 6.08 Å². The van der Waals surface area contributed by atoms with Gasteiger partial charge in [0.1, 0.15) is 12.3 Å². The van der Waals surface area contributed by atoms with Crippen molar-refractivity contribution in [1.82, 2.24) is 4.90 Å². The number of anilines is 1. The van der Waals surface area contributed by atoms with E-state index in [4.69, 9.17) is 21.1 Å². The molecule has 1 fully saturated rings. The fourth-order valence-corrected chi connectivity index (χ4v) is 3.86. The quantitative estimate of drug-likeness (QED) is 0.596. The molecule has 31 heavy (non-hydrogen) atoms. The van der Waals surface area contributed by atoms with E-state index in [1.807, 2.05) is 0 Å². The summed E-state index contributed by atoms with van der Waals surface area (Å²) in [6.45, 7) is 1.70. The Kier molecular flexibility index (Phi) is 7.09. The van der Waals surface area contributed by atoms with Crippen molar-refractivity contribution >= 4 is 52.2 Å². The van der Waals surface area contributed by atoms with Crippen LogP contribution in [0.2, 0.25) is 5.02 Å². The fraction of sp³-hybridized carbons (Fsp3) is 0.190. The zero-order chi connectivity index (χ0) is 22.5.